The molecule has 0 aromatic heterocycles. The van der Waals surface area contributed by atoms with Crippen molar-refractivity contribution >= 4 is 6.29 Å². The summed E-state index contributed by atoms with van der Waals surface area (Å²) >= 11 is 0. The van der Waals surface area contributed by atoms with Gasteiger partial charge < -0.3 is 9.69 Å². The van der Waals surface area contributed by atoms with Crippen LogP contribution in [0.25, 0.3) is 0 Å². The molecule has 0 bridgehead atoms. The fraction of sp³-hybridized carbons (Fsp3) is 0.833. The Morgan fingerprint density at radius 3 is 2.56 bits per heavy atom. The minimum Gasteiger partial charge on any atom is -0.303 e. The van der Waals surface area contributed by atoms with E-state index in [1.54, 1.807) is 0 Å². The molecule has 0 spiro atoms. The first-order valence-corrected chi connectivity index (χ1v) is 3.02. The van der Waals surface area contributed by atoms with Gasteiger partial charge in [0.1, 0.15) is 12.5 Å². The number of aldehydes is 1. The van der Waals surface area contributed by atoms with Crippen LogP contribution in [0.4, 0.5) is 4.39 Å². The van der Waals surface area contributed by atoms with Crippen LogP contribution in [0.5, 0.6) is 0 Å². The van der Waals surface area contributed by atoms with E-state index in [1.165, 1.54) is 0 Å². The normalized spacial score (nSPS) is 37.1. The number of hydrogen-bond donors (Lipinski definition) is 0. The first-order chi connectivity index (χ1) is 4.24. The molecule has 1 aliphatic rings. The summed E-state index contributed by atoms with van der Waals surface area (Å²) in [5, 5.41) is 0. The van der Waals surface area contributed by atoms with Gasteiger partial charge in [0.05, 0.1) is 5.92 Å². The van der Waals surface area contributed by atoms with Gasteiger partial charge in [0, 0.05) is 13.1 Å². The Balaban J connectivity index is 2.47. The summed E-state index contributed by atoms with van der Waals surface area (Å²) in [6.45, 7) is 0.980. The zero-order chi connectivity index (χ0) is 6.85. The highest BCUT2D eigenvalue weighted by Crippen LogP contribution is 2.15. The van der Waals surface area contributed by atoms with Gasteiger partial charge in [0.25, 0.3) is 0 Å². The quantitative estimate of drug-likeness (QED) is 0.470. The monoisotopic (exact) mass is 131 g/mol. The van der Waals surface area contributed by atoms with Gasteiger partial charge in [0.2, 0.25) is 0 Å². The average molecular weight is 131 g/mol. The Morgan fingerprint density at radius 1 is 1.67 bits per heavy atom. The van der Waals surface area contributed by atoms with Crippen LogP contribution in [0.1, 0.15) is 0 Å². The number of likely N-dealkylation sites (tertiary alicyclic amines) is 1. The molecule has 0 N–H and O–H groups in total. The van der Waals surface area contributed by atoms with Crippen LogP contribution >= 0.6 is 0 Å². The molecule has 0 radical (unpaired) electrons. The SMILES string of the molecule is CN1C[C@@H](C=O)[C@@H](F)C1. The lowest BCUT2D eigenvalue weighted by atomic mass is 10.1. The van der Waals surface area contributed by atoms with Gasteiger partial charge in [-0.1, -0.05) is 0 Å². The van der Waals surface area contributed by atoms with Crippen molar-refractivity contribution < 1.29 is 9.18 Å². The van der Waals surface area contributed by atoms with E-state index in [9.17, 15) is 9.18 Å². The van der Waals surface area contributed by atoms with Gasteiger partial charge in [-0.25, -0.2) is 4.39 Å². The average Bonchev–Trinajstić information content (AvgIpc) is 2.10. The van der Waals surface area contributed by atoms with Gasteiger partial charge in [-0.2, -0.15) is 0 Å². The number of carbonyl (C=O) groups excluding carboxylic acids is 1. The van der Waals surface area contributed by atoms with E-state index in [2.05, 4.69) is 0 Å². The van der Waals surface area contributed by atoms with Crippen LogP contribution in [0.15, 0.2) is 0 Å². The fourth-order valence-corrected chi connectivity index (χ4v) is 1.11. The zero-order valence-electron chi connectivity index (χ0n) is 5.38. The zero-order valence-corrected chi connectivity index (χ0v) is 5.38. The number of rotatable bonds is 1. The maximum atomic E-state index is 12.6. The van der Waals surface area contributed by atoms with Crippen molar-refractivity contribution in [1.29, 1.82) is 0 Å². The molecule has 1 saturated heterocycles. The van der Waals surface area contributed by atoms with E-state index < -0.39 is 6.17 Å². The molecule has 1 fully saturated rings. The van der Waals surface area contributed by atoms with Crippen LogP contribution in [0, 0.1) is 5.92 Å². The van der Waals surface area contributed by atoms with Crippen LogP contribution in [0.3, 0.4) is 0 Å². The predicted molar refractivity (Wildman–Crippen MR) is 31.9 cm³/mol. The van der Waals surface area contributed by atoms with Crippen LogP contribution in [-0.4, -0.2) is 37.5 Å². The largest absolute Gasteiger partial charge is 0.303 e. The molecule has 1 aliphatic heterocycles. The first kappa shape index (κ1) is 6.68. The number of halogens is 1. The molecule has 0 aromatic carbocycles. The molecule has 2 nitrogen and oxygen atoms in total. The van der Waals surface area contributed by atoms with Crippen LogP contribution in [-0.2, 0) is 4.79 Å². The first-order valence-electron chi connectivity index (χ1n) is 3.02. The molecule has 9 heavy (non-hydrogen) atoms. The van der Waals surface area contributed by atoms with Crippen molar-refractivity contribution in [3.05, 3.63) is 0 Å². The molecule has 0 saturated carbocycles. The number of alkyl halides is 1. The summed E-state index contributed by atoms with van der Waals surface area (Å²) < 4.78 is 12.6. The third-order valence-corrected chi connectivity index (χ3v) is 1.65. The highest BCUT2D eigenvalue weighted by Gasteiger charge is 2.29. The highest BCUT2D eigenvalue weighted by molar-refractivity contribution is 5.55. The highest BCUT2D eigenvalue weighted by atomic mass is 19.1. The van der Waals surface area contributed by atoms with E-state index in [0.717, 1.165) is 0 Å². The molecule has 52 valence electrons. The Bertz CT molecular complexity index is 118. The van der Waals surface area contributed by atoms with E-state index in [-0.39, 0.29) is 5.92 Å². The lowest BCUT2D eigenvalue weighted by Crippen LogP contribution is -2.14. The molecule has 0 aromatic rings. The van der Waals surface area contributed by atoms with E-state index >= 15 is 0 Å². The summed E-state index contributed by atoms with van der Waals surface area (Å²) in [4.78, 5) is 11.9. The smallest absolute Gasteiger partial charge is 0.127 e. The molecule has 1 rings (SSSR count). The number of carbonyl (C=O) groups is 1. The van der Waals surface area contributed by atoms with Crippen molar-refractivity contribution in [2.45, 2.75) is 6.17 Å². The molecular formula is C6H10FNO. The van der Waals surface area contributed by atoms with Crippen molar-refractivity contribution in [1.82, 2.24) is 4.90 Å². The standard InChI is InChI=1S/C6H10FNO/c1-8-2-5(4-9)6(7)3-8/h4-6H,2-3H2,1H3/t5-,6-/m0/s1. The van der Waals surface area contributed by atoms with Gasteiger partial charge in [-0.15, -0.1) is 0 Å². The minimum absolute atomic E-state index is 0.380. The van der Waals surface area contributed by atoms with E-state index in [1.807, 2.05) is 11.9 Å². The van der Waals surface area contributed by atoms with Crippen LogP contribution < -0.4 is 0 Å². The second kappa shape index (κ2) is 2.43. The summed E-state index contributed by atoms with van der Waals surface area (Å²) in [5.74, 6) is -0.380. The van der Waals surface area contributed by atoms with Crippen molar-refractivity contribution in [2.24, 2.45) is 5.92 Å². The fourth-order valence-electron chi connectivity index (χ4n) is 1.11. The van der Waals surface area contributed by atoms with Crippen molar-refractivity contribution in [3.63, 3.8) is 0 Å². The molecule has 2 atom stereocenters. The summed E-state index contributed by atoms with van der Waals surface area (Å²) in [7, 11) is 1.82. The van der Waals surface area contributed by atoms with E-state index in [4.69, 9.17) is 0 Å². The number of nitrogens with zero attached hydrogens (tertiary/aromatic N) is 1. The topological polar surface area (TPSA) is 20.3 Å². The second-order valence-corrected chi connectivity index (χ2v) is 2.54. The molecule has 0 amide bonds. The van der Waals surface area contributed by atoms with Crippen LogP contribution in [0.2, 0.25) is 0 Å². The molecule has 0 unspecified atom stereocenters. The van der Waals surface area contributed by atoms with Crippen molar-refractivity contribution in [2.75, 3.05) is 20.1 Å². The van der Waals surface area contributed by atoms with Gasteiger partial charge in [-0.05, 0) is 7.05 Å². The molecular weight excluding hydrogens is 121 g/mol. The molecule has 0 aliphatic carbocycles. The molecule has 1 heterocycles. The Kier molecular flexibility index (Phi) is 1.81. The Hall–Kier alpha value is -0.440. The van der Waals surface area contributed by atoms with Gasteiger partial charge >= 0.3 is 0 Å². The Morgan fingerprint density at radius 2 is 2.33 bits per heavy atom. The minimum atomic E-state index is -0.938. The maximum absolute atomic E-state index is 12.6. The third-order valence-electron chi connectivity index (χ3n) is 1.65. The maximum Gasteiger partial charge on any atom is 0.127 e. The number of hydrogen-bond acceptors (Lipinski definition) is 2. The Labute approximate surface area is 53.6 Å². The second-order valence-electron chi connectivity index (χ2n) is 2.54. The van der Waals surface area contributed by atoms with E-state index in [0.29, 0.717) is 19.4 Å². The van der Waals surface area contributed by atoms with Gasteiger partial charge in [-0.3, -0.25) is 0 Å². The van der Waals surface area contributed by atoms with Crippen molar-refractivity contribution in [3.8, 4) is 0 Å². The predicted octanol–water partition coefficient (Wildman–Crippen LogP) is 0.0850. The molecule has 3 heteroatoms. The lowest BCUT2D eigenvalue weighted by Gasteiger charge is -2.02. The lowest BCUT2D eigenvalue weighted by molar-refractivity contribution is -0.111. The summed E-state index contributed by atoms with van der Waals surface area (Å²) in [5.41, 5.74) is 0. The summed E-state index contributed by atoms with van der Waals surface area (Å²) in [6.07, 6.45) is -0.235. The summed E-state index contributed by atoms with van der Waals surface area (Å²) in [6, 6.07) is 0. The van der Waals surface area contributed by atoms with Gasteiger partial charge in [0.15, 0.2) is 0 Å². The third kappa shape index (κ3) is 1.27.